The van der Waals surface area contributed by atoms with E-state index in [1.165, 1.54) is 6.07 Å². The van der Waals surface area contributed by atoms with Crippen LogP contribution in [0.4, 0.5) is 4.39 Å². The fourth-order valence-electron chi connectivity index (χ4n) is 1.68. The molecule has 0 aliphatic carbocycles. The number of rotatable bonds is 2. The number of halogens is 2. The molecule has 17 heavy (non-hydrogen) atoms. The van der Waals surface area contributed by atoms with Gasteiger partial charge in [0.2, 0.25) is 0 Å². The molecule has 0 spiro atoms. The molecule has 2 rings (SSSR count). The van der Waals surface area contributed by atoms with E-state index in [2.05, 4.69) is 15.9 Å². The standard InChI is InChI=1S/C14H12BrFO/c1-9-8-11(4-7-13(9)16)14(17)10-2-5-12(15)6-3-10/h2-8,14,17H,1H3. The van der Waals surface area contributed by atoms with E-state index >= 15 is 0 Å². The summed E-state index contributed by atoms with van der Waals surface area (Å²) in [5, 5.41) is 10.2. The molecule has 88 valence electrons. The quantitative estimate of drug-likeness (QED) is 0.888. The number of aliphatic hydroxyl groups excluding tert-OH is 1. The average molecular weight is 295 g/mol. The van der Waals surface area contributed by atoms with Crippen LogP contribution in [0.25, 0.3) is 0 Å². The lowest BCUT2D eigenvalue weighted by Gasteiger charge is -2.12. The fourth-order valence-corrected chi connectivity index (χ4v) is 1.94. The lowest BCUT2D eigenvalue weighted by Crippen LogP contribution is -2.00. The summed E-state index contributed by atoms with van der Waals surface area (Å²) in [5.74, 6) is -0.253. The highest BCUT2D eigenvalue weighted by molar-refractivity contribution is 9.10. The second-order valence-corrected chi connectivity index (χ2v) is 4.88. The van der Waals surface area contributed by atoms with Crippen LogP contribution in [0.15, 0.2) is 46.9 Å². The van der Waals surface area contributed by atoms with Crippen molar-refractivity contribution in [3.8, 4) is 0 Å². The monoisotopic (exact) mass is 294 g/mol. The number of benzene rings is 2. The Morgan fingerprint density at radius 3 is 2.24 bits per heavy atom. The summed E-state index contributed by atoms with van der Waals surface area (Å²) < 4.78 is 14.1. The summed E-state index contributed by atoms with van der Waals surface area (Å²) in [5.41, 5.74) is 2.03. The first kappa shape index (κ1) is 12.3. The van der Waals surface area contributed by atoms with Crippen LogP contribution in [0.1, 0.15) is 22.8 Å². The highest BCUT2D eigenvalue weighted by Gasteiger charge is 2.11. The molecule has 0 radical (unpaired) electrons. The van der Waals surface area contributed by atoms with Gasteiger partial charge in [0.25, 0.3) is 0 Å². The van der Waals surface area contributed by atoms with Gasteiger partial charge in [-0.15, -0.1) is 0 Å². The van der Waals surface area contributed by atoms with Gasteiger partial charge in [-0.1, -0.05) is 40.2 Å². The minimum absolute atomic E-state index is 0.253. The minimum Gasteiger partial charge on any atom is -0.384 e. The molecular weight excluding hydrogens is 283 g/mol. The molecule has 1 nitrogen and oxygen atoms in total. The summed E-state index contributed by atoms with van der Waals surface area (Å²) in [4.78, 5) is 0. The third kappa shape index (κ3) is 2.73. The van der Waals surface area contributed by atoms with E-state index in [9.17, 15) is 9.50 Å². The van der Waals surface area contributed by atoms with Gasteiger partial charge in [-0.2, -0.15) is 0 Å². The van der Waals surface area contributed by atoms with Crippen molar-refractivity contribution in [1.82, 2.24) is 0 Å². The Kier molecular flexibility index (Phi) is 3.60. The molecule has 0 saturated heterocycles. The molecule has 2 aromatic carbocycles. The normalized spacial score (nSPS) is 12.5. The van der Waals surface area contributed by atoms with Gasteiger partial charge in [0.15, 0.2) is 0 Å². The number of hydrogen-bond acceptors (Lipinski definition) is 1. The minimum atomic E-state index is -0.720. The van der Waals surface area contributed by atoms with Gasteiger partial charge in [-0.25, -0.2) is 4.39 Å². The van der Waals surface area contributed by atoms with Crippen molar-refractivity contribution in [3.05, 3.63) is 69.4 Å². The van der Waals surface area contributed by atoms with Gasteiger partial charge in [0, 0.05) is 4.47 Å². The first-order chi connectivity index (χ1) is 8.08. The third-order valence-corrected chi connectivity index (χ3v) is 3.21. The number of aliphatic hydroxyl groups is 1. The van der Waals surface area contributed by atoms with E-state index < -0.39 is 6.10 Å². The van der Waals surface area contributed by atoms with Gasteiger partial charge in [0.1, 0.15) is 11.9 Å². The molecule has 1 unspecified atom stereocenters. The van der Waals surface area contributed by atoms with Crippen molar-refractivity contribution in [1.29, 1.82) is 0 Å². The molecule has 0 saturated carbocycles. The first-order valence-corrected chi connectivity index (χ1v) is 6.07. The molecular formula is C14H12BrFO. The van der Waals surface area contributed by atoms with Crippen molar-refractivity contribution >= 4 is 15.9 Å². The Morgan fingerprint density at radius 2 is 1.65 bits per heavy atom. The van der Waals surface area contributed by atoms with Crippen LogP contribution in [0.3, 0.4) is 0 Å². The van der Waals surface area contributed by atoms with E-state index in [1.807, 2.05) is 24.3 Å². The lowest BCUT2D eigenvalue weighted by molar-refractivity contribution is 0.220. The van der Waals surface area contributed by atoms with Crippen molar-refractivity contribution < 1.29 is 9.50 Å². The Balaban J connectivity index is 2.33. The van der Waals surface area contributed by atoms with Crippen molar-refractivity contribution in [2.75, 3.05) is 0 Å². The first-order valence-electron chi connectivity index (χ1n) is 5.27. The van der Waals surface area contributed by atoms with Crippen LogP contribution >= 0.6 is 15.9 Å². The molecule has 1 atom stereocenters. The van der Waals surface area contributed by atoms with Crippen molar-refractivity contribution in [2.45, 2.75) is 13.0 Å². The van der Waals surface area contributed by atoms with Gasteiger partial charge >= 0.3 is 0 Å². The van der Waals surface area contributed by atoms with Gasteiger partial charge < -0.3 is 5.11 Å². The number of aryl methyl sites for hydroxylation is 1. The van der Waals surface area contributed by atoms with E-state index in [1.54, 1.807) is 19.1 Å². The van der Waals surface area contributed by atoms with Gasteiger partial charge in [0.05, 0.1) is 0 Å². The molecule has 0 aliphatic rings. The smallest absolute Gasteiger partial charge is 0.126 e. The molecule has 0 amide bonds. The Hall–Kier alpha value is -1.19. The number of hydrogen-bond donors (Lipinski definition) is 1. The fraction of sp³-hybridized carbons (Fsp3) is 0.143. The summed E-state index contributed by atoms with van der Waals surface area (Å²) in [6, 6.07) is 12.1. The van der Waals surface area contributed by atoms with Crippen molar-refractivity contribution in [2.24, 2.45) is 0 Å². The van der Waals surface area contributed by atoms with Gasteiger partial charge in [-0.3, -0.25) is 0 Å². The molecule has 0 aliphatic heterocycles. The molecule has 0 fully saturated rings. The van der Waals surface area contributed by atoms with E-state index in [0.717, 1.165) is 10.0 Å². The average Bonchev–Trinajstić information content (AvgIpc) is 2.33. The molecule has 1 N–H and O–H groups in total. The van der Waals surface area contributed by atoms with E-state index in [0.29, 0.717) is 11.1 Å². The SMILES string of the molecule is Cc1cc(C(O)c2ccc(Br)cc2)ccc1F. The summed E-state index contributed by atoms with van der Waals surface area (Å²) >= 11 is 3.34. The molecule has 3 heteroatoms. The maximum absolute atomic E-state index is 13.1. The zero-order chi connectivity index (χ0) is 12.4. The van der Waals surface area contributed by atoms with Crippen LogP contribution in [0.5, 0.6) is 0 Å². The molecule has 2 aromatic rings. The highest BCUT2D eigenvalue weighted by atomic mass is 79.9. The predicted octanol–water partition coefficient (Wildman–Crippen LogP) is 3.98. The molecule has 0 bridgehead atoms. The van der Waals surface area contributed by atoms with Gasteiger partial charge in [-0.05, 0) is 41.8 Å². The zero-order valence-corrected chi connectivity index (χ0v) is 10.9. The van der Waals surface area contributed by atoms with Crippen LogP contribution in [-0.2, 0) is 0 Å². The summed E-state index contributed by atoms with van der Waals surface area (Å²) in [7, 11) is 0. The zero-order valence-electron chi connectivity index (χ0n) is 9.32. The summed E-state index contributed by atoms with van der Waals surface area (Å²) in [6.45, 7) is 1.69. The largest absolute Gasteiger partial charge is 0.384 e. The van der Waals surface area contributed by atoms with Crippen LogP contribution in [0, 0.1) is 12.7 Å². The Labute approximate surface area is 108 Å². The van der Waals surface area contributed by atoms with E-state index in [4.69, 9.17) is 0 Å². The molecule has 0 heterocycles. The second kappa shape index (κ2) is 4.98. The van der Waals surface area contributed by atoms with Crippen LogP contribution in [0.2, 0.25) is 0 Å². The highest BCUT2D eigenvalue weighted by Crippen LogP contribution is 2.24. The molecule has 0 aromatic heterocycles. The Bertz CT molecular complexity index is 522. The third-order valence-electron chi connectivity index (χ3n) is 2.68. The van der Waals surface area contributed by atoms with Crippen LogP contribution in [-0.4, -0.2) is 5.11 Å². The maximum atomic E-state index is 13.1. The van der Waals surface area contributed by atoms with Crippen molar-refractivity contribution in [3.63, 3.8) is 0 Å². The topological polar surface area (TPSA) is 20.2 Å². The Morgan fingerprint density at radius 1 is 1.06 bits per heavy atom. The second-order valence-electron chi connectivity index (χ2n) is 3.96. The van der Waals surface area contributed by atoms with Crippen LogP contribution < -0.4 is 0 Å². The summed E-state index contributed by atoms with van der Waals surface area (Å²) in [6.07, 6.45) is -0.720. The predicted molar refractivity (Wildman–Crippen MR) is 69.3 cm³/mol. The van der Waals surface area contributed by atoms with E-state index in [-0.39, 0.29) is 5.82 Å². The lowest BCUT2D eigenvalue weighted by atomic mass is 10.00. The maximum Gasteiger partial charge on any atom is 0.126 e.